The number of nitrogens with one attached hydrogen (secondary N) is 1. The molecule has 1 N–H and O–H groups in total. The number of hydrogen-bond acceptors (Lipinski definition) is 4. The molecular weight excluding hydrogens is 417 g/mol. The van der Waals surface area contributed by atoms with E-state index in [4.69, 9.17) is 16.3 Å². The average Bonchev–Trinajstić information content (AvgIpc) is 3.16. The van der Waals surface area contributed by atoms with Crippen LogP contribution in [-0.4, -0.2) is 28.1 Å². The van der Waals surface area contributed by atoms with E-state index in [2.05, 4.69) is 15.0 Å². The topological polar surface area (TPSA) is 54.0 Å². The molecule has 0 aliphatic carbocycles. The number of hydrogen-bond donors (Lipinski definition) is 1. The molecule has 0 radical (unpaired) electrons. The molecular formula is C21H14ClF3N4O. The Bertz CT molecular complexity index is 1240. The summed E-state index contributed by atoms with van der Waals surface area (Å²) < 4.78 is 45.0. The number of alkyl halides is 3. The molecule has 0 fully saturated rings. The molecule has 152 valence electrons. The van der Waals surface area contributed by atoms with Crippen molar-refractivity contribution in [2.45, 2.75) is 6.18 Å². The van der Waals surface area contributed by atoms with Gasteiger partial charge in [0.2, 0.25) is 0 Å². The Morgan fingerprint density at radius 1 is 1.10 bits per heavy atom. The zero-order valence-corrected chi connectivity index (χ0v) is 16.1. The summed E-state index contributed by atoms with van der Waals surface area (Å²) >= 11 is 5.95. The maximum Gasteiger partial charge on any atom is 0.416 e. The third-order valence-corrected chi connectivity index (χ3v) is 5.12. The predicted molar refractivity (Wildman–Crippen MR) is 108 cm³/mol. The zero-order chi connectivity index (χ0) is 20.9. The van der Waals surface area contributed by atoms with Crippen molar-refractivity contribution in [3.63, 3.8) is 0 Å². The van der Waals surface area contributed by atoms with Crippen LogP contribution in [0.5, 0.6) is 5.75 Å². The van der Waals surface area contributed by atoms with Gasteiger partial charge < -0.3 is 14.6 Å². The minimum atomic E-state index is -4.42. The monoisotopic (exact) mass is 430 g/mol. The van der Waals surface area contributed by atoms with Crippen molar-refractivity contribution in [3.05, 3.63) is 65.3 Å². The number of nitrogens with zero attached hydrogens (tertiary/aromatic N) is 3. The van der Waals surface area contributed by atoms with Gasteiger partial charge in [-0.2, -0.15) is 13.2 Å². The Hall–Kier alpha value is -3.26. The number of ether oxygens (including phenoxy) is 1. The fourth-order valence-corrected chi connectivity index (χ4v) is 3.63. The van der Waals surface area contributed by atoms with Crippen LogP contribution in [-0.2, 0) is 6.18 Å². The lowest BCUT2D eigenvalue weighted by Crippen LogP contribution is -2.29. The van der Waals surface area contributed by atoms with Crippen LogP contribution in [0.4, 0.5) is 24.7 Å². The molecule has 1 aliphatic rings. The molecule has 0 atom stereocenters. The first-order valence-electron chi connectivity index (χ1n) is 9.12. The number of halogens is 4. The molecule has 9 heteroatoms. The molecule has 5 nitrogen and oxygen atoms in total. The van der Waals surface area contributed by atoms with Gasteiger partial charge in [-0.15, -0.1) is 0 Å². The van der Waals surface area contributed by atoms with Crippen molar-refractivity contribution in [2.75, 3.05) is 18.1 Å². The minimum Gasteiger partial charge on any atom is -0.489 e. The number of benzene rings is 2. The molecule has 4 aromatic rings. The van der Waals surface area contributed by atoms with E-state index >= 15 is 0 Å². The number of anilines is 2. The number of aromatic nitrogens is 3. The lowest BCUT2D eigenvalue weighted by atomic mass is 10.1. The molecule has 30 heavy (non-hydrogen) atoms. The highest BCUT2D eigenvalue weighted by Crippen LogP contribution is 2.42. The van der Waals surface area contributed by atoms with E-state index in [1.165, 1.54) is 6.07 Å². The standard InChI is InChI=1S/C21H14ClF3N4O/c22-13-5-7-18(26-11-13)29-8-9-30-19-14(2-1-3-17(19)29)20-27-15-6-4-12(21(23,24)25)10-16(15)28-20/h1-7,10-11H,8-9H2,(H,27,28). The van der Waals surface area contributed by atoms with E-state index in [1.54, 1.807) is 12.3 Å². The summed E-state index contributed by atoms with van der Waals surface area (Å²) in [5.41, 5.74) is 1.49. The molecule has 1 aliphatic heterocycles. The summed E-state index contributed by atoms with van der Waals surface area (Å²) in [7, 11) is 0. The van der Waals surface area contributed by atoms with Crippen LogP contribution in [0.2, 0.25) is 5.02 Å². The summed E-state index contributed by atoms with van der Waals surface area (Å²) in [5, 5.41) is 0.543. The van der Waals surface area contributed by atoms with Gasteiger partial charge in [0.05, 0.1) is 39.4 Å². The maximum absolute atomic E-state index is 13.0. The normalized spacial score (nSPS) is 13.9. The predicted octanol–water partition coefficient (Wildman–Crippen LogP) is 5.83. The number of imidazole rings is 1. The van der Waals surface area contributed by atoms with Crippen LogP contribution in [0, 0.1) is 0 Å². The third kappa shape index (κ3) is 3.23. The zero-order valence-electron chi connectivity index (χ0n) is 15.4. The van der Waals surface area contributed by atoms with Crippen molar-refractivity contribution < 1.29 is 17.9 Å². The summed E-state index contributed by atoms with van der Waals surface area (Å²) in [6.07, 6.45) is -2.84. The summed E-state index contributed by atoms with van der Waals surface area (Å²) in [4.78, 5) is 13.8. The molecule has 0 unspecified atom stereocenters. The minimum absolute atomic E-state index is 0.310. The quantitative estimate of drug-likeness (QED) is 0.435. The first-order valence-corrected chi connectivity index (χ1v) is 9.50. The largest absolute Gasteiger partial charge is 0.489 e. The van der Waals surface area contributed by atoms with Crippen molar-refractivity contribution in [3.8, 4) is 17.1 Å². The number of pyridine rings is 1. The lowest BCUT2D eigenvalue weighted by Gasteiger charge is -2.31. The molecule has 0 saturated heterocycles. The van der Waals surface area contributed by atoms with Gasteiger partial charge in [-0.3, -0.25) is 0 Å². The third-order valence-electron chi connectivity index (χ3n) is 4.90. The molecule has 0 bridgehead atoms. The van der Waals surface area contributed by atoms with Gasteiger partial charge in [-0.25, -0.2) is 9.97 Å². The van der Waals surface area contributed by atoms with E-state index in [-0.39, 0.29) is 0 Å². The van der Waals surface area contributed by atoms with Gasteiger partial charge in [0.25, 0.3) is 0 Å². The Balaban J connectivity index is 1.59. The Morgan fingerprint density at radius 3 is 2.73 bits per heavy atom. The van der Waals surface area contributed by atoms with Crippen molar-refractivity contribution >= 4 is 34.1 Å². The van der Waals surface area contributed by atoms with E-state index in [9.17, 15) is 13.2 Å². The number of para-hydroxylation sites is 1. The fourth-order valence-electron chi connectivity index (χ4n) is 3.51. The number of H-pyrrole nitrogens is 1. The Labute approximate surface area is 174 Å². The highest BCUT2D eigenvalue weighted by molar-refractivity contribution is 6.30. The van der Waals surface area contributed by atoms with E-state index in [0.29, 0.717) is 46.3 Å². The number of rotatable bonds is 2. The van der Waals surface area contributed by atoms with Gasteiger partial charge in [0, 0.05) is 6.20 Å². The van der Waals surface area contributed by atoms with Gasteiger partial charge in [0.1, 0.15) is 18.2 Å². The Morgan fingerprint density at radius 2 is 1.97 bits per heavy atom. The van der Waals surface area contributed by atoms with E-state index in [1.807, 2.05) is 29.2 Å². The average molecular weight is 431 g/mol. The van der Waals surface area contributed by atoms with Gasteiger partial charge in [-0.05, 0) is 42.5 Å². The summed E-state index contributed by atoms with van der Waals surface area (Å²) in [6.45, 7) is 1.02. The SMILES string of the molecule is FC(F)(F)c1ccc2nc(-c3cccc4c3OCCN4c3ccc(Cl)cn3)[nH]c2c1. The summed E-state index contributed by atoms with van der Waals surface area (Å²) in [5.74, 6) is 1.75. The Kier molecular flexibility index (Phi) is 4.32. The van der Waals surface area contributed by atoms with Gasteiger partial charge >= 0.3 is 6.18 Å². The molecule has 0 spiro atoms. The molecule has 2 aromatic carbocycles. The molecule has 2 aromatic heterocycles. The second-order valence-electron chi connectivity index (χ2n) is 6.80. The number of fused-ring (bicyclic) bond motifs is 2. The van der Waals surface area contributed by atoms with Crippen LogP contribution in [0.15, 0.2) is 54.7 Å². The van der Waals surface area contributed by atoms with Crippen molar-refractivity contribution in [2.24, 2.45) is 0 Å². The van der Waals surface area contributed by atoms with Gasteiger partial charge in [-0.1, -0.05) is 17.7 Å². The summed E-state index contributed by atoms with van der Waals surface area (Å²) in [6, 6.07) is 12.6. The first-order chi connectivity index (χ1) is 14.4. The van der Waals surface area contributed by atoms with E-state index < -0.39 is 11.7 Å². The lowest BCUT2D eigenvalue weighted by molar-refractivity contribution is -0.137. The van der Waals surface area contributed by atoms with E-state index in [0.717, 1.165) is 23.6 Å². The van der Waals surface area contributed by atoms with Crippen molar-refractivity contribution in [1.82, 2.24) is 15.0 Å². The van der Waals surface area contributed by atoms with Crippen LogP contribution in [0.1, 0.15) is 5.56 Å². The first kappa shape index (κ1) is 18.7. The second kappa shape index (κ2) is 6.91. The molecule has 5 rings (SSSR count). The van der Waals surface area contributed by atoms with Crippen molar-refractivity contribution in [1.29, 1.82) is 0 Å². The highest BCUT2D eigenvalue weighted by atomic mass is 35.5. The molecule has 0 amide bonds. The highest BCUT2D eigenvalue weighted by Gasteiger charge is 2.31. The molecule has 0 saturated carbocycles. The second-order valence-corrected chi connectivity index (χ2v) is 7.24. The van der Waals surface area contributed by atoms with Gasteiger partial charge in [0.15, 0.2) is 5.75 Å². The maximum atomic E-state index is 13.0. The van der Waals surface area contributed by atoms with Crippen LogP contribution in [0.25, 0.3) is 22.4 Å². The van der Waals surface area contributed by atoms with Crippen LogP contribution < -0.4 is 9.64 Å². The smallest absolute Gasteiger partial charge is 0.416 e. The van der Waals surface area contributed by atoms with Crippen LogP contribution in [0.3, 0.4) is 0 Å². The molecule has 3 heterocycles. The fraction of sp³-hybridized carbons (Fsp3) is 0.143. The van der Waals surface area contributed by atoms with Crippen LogP contribution >= 0.6 is 11.6 Å². The number of aromatic amines is 1.